The molecule has 2 rings (SSSR count). The van der Waals surface area contributed by atoms with E-state index in [1.807, 2.05) is 6.92 Å². The minimum absolute atomic E-state index is 0.148. The highest BCUT2D eigenvalue weighted by Gasteiger charge is 2.25. The summed E-state index contributed by atoms with van der Waals surface area (Å²) >= 11 is 0. The second kappa shape index (κ2) is 7.38. The van der Waals surface area contributed by atoms with Gasteiger partial charge >= 0.3 is 0 Å². The Morgan fingerprint density at radius 3 is 2.67 bits per heavy atom. The number of rotatable bonds is 5. The number of nitrogens with two attached hydrogens (primary N) is 1. The van der Waals surface area contributed by atoms with E-state index < -0.39 is 5.91 Å². The van der Waals surface area contributed by atoms with Gasteiger partial charge < -0.3 is 10.2 Å². The summed E-state index contributed by atoms with van der Waals surface area (Å²) in [4.78, 5) is 25.8. The van der Waals surface area contributed by atoms with Crippen molar-refractivity contribution in [2.45, 2.75) is 44.7 Å². The van der Waals surface area contributed by atoms with Crippen LogP contribution in [0.1, 0.15) is 43.2 Å². The fourth-order valence-electron chi connectivity index (χ4n) is 2.79. The van der Waals surface area contributed by atoms with Crippen molar-refractivity contribution < 1.29 is 14.0 Å². The minimum atomic E-state index is -0.494. The normalized spacial score (nSPS) is 22.2. The average Bonchev–Trinajstić information content (AvgIpc) is 3.00. The molecule has 1 heterocycles. The second-order valence-electron chi connectivity index (χ2n) is 5.49. The molecule has 0 aliphatic heterocycles. The van der Waals surface area contributed by atoms with Crippen molar-refractivity contribution in [1.82, 2.24) is 10.2 Å². The Morgan fingerprint density at radius 1 is 1.38 bits per heavy atom. The molecule has 1 aliphatic carbocycles. The van der Waals surface area contributed by atoms with Crippen LogP contribution in [0.2, 0.25) is 0 Å². The lowest BCUT2D eigenvalue weighted by Crippen LogP contribution is -2.46. The topological polar surface area (TPSA) is 88.6 Å². The van der Waals surface area contributed by atoms with E-state index in [9.17, 15) is 9.59 Å². The van der Waals surface area contributed by atoms with E-state index >= 15 is 0 Å². The fraction of sp³-hybridized carbons (Fsp3) is 0.600. The monoisotopic (exact) mass is 293 g/mol. The number of amides is 2. The van der Waals surface area contributed by atoms with Crippen molar-refractivity contribution in [2.24, 2.45) is 5.73 Å². The molecular weight excluding hydrogens is 270 g/mol. The van der Waals surface area contributed by atoms with Gasteiger partial charge in [0.2, 0.25) is 5.91 Å². The van der Waals surface area contributed by atoms with Crippen molar-refractivity contribution in [1.29, 1.82) is 0 Å². The van der Waals surface area contributed by atoms with E-state index in [1.165, 1.54) is 12.3 Å². The maximum absolute atomic E-state index is 12.0. The van der Waals surface area contributed by atoms with Crippen LogP contribution in [-0.4, -0.2) is 41.9 Å². The Labute approximate surface area is 124 Å². The van der Waals surface area contributed by atoms with Crippen LogP contribution in [0.3, 0.4) is 0 Å². The Bertz CT molecular complexity index is 465. The lowest BCUT2D eigenvalue weighted by Gasteiger charge is -2.34. The third-order valence-electron chi connectivity index (χ3n) is 4.01. The first-order valence-electron chi connectivity index (χ1n) is 7.47. The summed E-state index contributed by atoms with van der Waals surface area (Å²) in [5.74, 6) is -0.644. The molecule has 116 valence electrons. The molecule has 6 heteroatoms. The third kappa shape index (κ3) is 4.41. The van der Waals surface area contributed by atoms with Crippen LogP contribution in [0.4, 0.5) is 0 Å². The molecule has 0 spiro atoms. The smallest absolute Gasteiger partial charge is 0.293 e. The first-order chi connectivity index (χ1) is 10.1. The summed E-state index contributed by atoms with van der Waals surface area (Å²) in [5.41, 5.74) is 5.91. The van der Waals surface area contributed by atoms with E-state index in [0.29, 0.717) is 6.04 Å². The molecule has 1 aromatic heterocycles. The molecule has 1 saturated carbocycles. The Balaban J connectivity index is 1.83. The number of hydrogen-bond acceptors (Lipinski definition) is 5. The Kier molecular flexibility index (Phi) is 5.52. The molecule has 0 aromatic carbocycles. The summed E-state index contributed by atoms with van der Waals surface area (Å²) in [6.07, 6.45) is 5.41. The van der Waals surface area contributed by atoms with Crippen molar-refractivity contribution in [3.63, 3.8) is 0 Å². The molecule has 0 unspecified atom stereocenters. The predicted octanol–water partition coefficient (Wildman–Crippen LogP) is 1.13. The zero-order valence-electron chi connectivity index (χ0n) is 12.4. The second-order valence-corrected chi connectivity index (χ2v) is 5.49. The Morgan fingerprint density at radius 2 is 2.10 bits per heavy atom. The number of carbonyl (C=O) groups is 2. The number of likely N-dealkylation sites (N-methyl/N-ethyl adjacent to an activating group) is 1. The zero-order chi connectivity index (χ0) is 15.2. The van der Waals surface area contributed by atoms with Crippen molar-refractivity contribution in [3.8, 4) is 0 Å². The summed E-state index contributed by atoms with van der Waals surface area (Å²) in [7, 11) is 0. The van der Waals surface area contributed by atoms with Crippen LogP contribution < -0.4 is 11.1 Å². The molecule has 1 aromatic rings. The van der Waals surface area contributed by atoms with Gasteiger partial charge in [0.25, 0.3) is 5.91 Å². The zero-order valence-corrected chi connectivity index (χ0v) is 12.4. The highest BCUT2D eigenvalue weighted by molar-refractivity contribution is 6.03. The van der Waals surface area contributed by atoms with Gasteiger partial charge in [0.15, 0.2) is 5.76 Å². The van der Waals surface area contributed by atoms with Gasteiger partial charge in [-0.15, -0.1) is 0 Å². The molecule has 2 amide bonds. The number of carbonyl (C=O) groups excluding carboxylic acids is 2. The number of imide groups is 1. The molecule has 1 aliphatic rings. The van der Waals surface area contributed by atoms with Crippen molar-refractivity contribution in [3.05, 3.63) is 24.2 Å². The summed E-state index contributed by atoms with van der Waals surface area (Å²) in [6.45, 7) is 3.03. The maximum Gasteiger partial charge on any atom is 0.293 e. The highest BCUT2D eigenvalue weighted by Crippen LogP contribution is 2.21. The van der Waals surface area contributed by atoms with E-state index in [1.54, 1.807) is 6.07 Å². The molecular formula is C15H23N3O3. The van der Waals surface area contributed by atoms with E-state index in [-0.39, 0.29) is 24.3 Å². The van der Waals surface area contributed by atoms with Crippen molar-refractivity contribution >= 4 is 11.8 Å². The summed E-state index contributed by atoms with van der Waals surface area (Å²) in [6, 6.07) is 3.81. The van der Waals surface area contributed by atoms with Gasteiger partial charge in [-0.25, -0.2) is 0 Å². The lowest BCUT2D eigenvalue weighted by molar-refractivity contribution is -0.122. The number of nitrogens with zero attached hydrogens (tertiary/aromatic N) is 1. The third-order valence-corrected chi connectivity index (χ3v) is 4.01. The van der Waals surface area contributed by atoms with Crippen LogP contribution in [0.5, 0.6) is 0 Å². The van der Waals surface area contributed by atoms with E-state index in [4.69, 9.17) is 10.2 Å². The lowest BCUT2D eigenvalue weighted by atomic mass is 9.91. The quantitative estimate of drug-likeness (QED) is 0.849. The summed E-state index contributed by atoms with van der Waals surface area (Å²) < 4.78 is 4.96. The molecule has 0 bridgehead atoms. The minimum Gasteiger partial charge on any atom is -0.459 e. The van der Waals surface area contributed by atoms with E-state index in [2.05, 4.69) is 10.2 Å². The van der Waals surface area contributed by atoms with Crippen LogP contribution in [0.15, 0.2) is 22.8 Å². The van der Waals surface area contributed by atoms with Crippen LogP contribution in [0.25, 0.3) is 0 Å². The number of furan rings is 1. The van der Waals surface area contributed by atoms with Gasteiger partial charge in [0, 0.05) is 12.1 Å². The average molecular weight is 293 g/mol. The number of hydrogen-bond donors (Lipinski definition) is 2. The first kappa shape index (κ1) is 15.7. The standard InChI is InChI=1S/C15H23N3O3/c1-2-18(12-7-5-11(16)6-8-12)10-14(19)17-15(20)13-4-3-9-21-13/h3-4,9,11-12H,2,5-8,10,16H2,1H3,(H,17,19,20). The van der Waals surface area contributed by atoms with Gasteiger partial charge in [-0.2, -0.15) is 0 Å². The maximum atomic E-state index is 12.0. The molecule has 0 radical (unpaired) electrons. The van der Waals surface area contributed by atoms with E-state index in [0.717, 1.165) is 32.2 Å². The summed E-state index contributed by atoms with van der Waals surface area (Å²) in [5, 5.41) is 2.36. The molecule has 3 N–H and O–H groups in total. The van der Waals surface area contributed by atoms with Crippen LogP contribution in [0, 0.1) is 0 Å². The Hall–Kier alpha value is -1.66. The molecule has 21 heavy (non-hydrogen) atoms. The van der Waals surface area contributed by atoms with Gasteiger partial charge in [-0.1, -0.05) is 6.92 Å². The molecule has 1 fully saturated rings. The molecule has 0 saturated heterocycles. The predicted molar refractivity (Wildman–Crippen MR) is 78.7 cm³/mol. The molecule has 0 atom stereocenters. The first-order valence-corrected chi connectivity index (χ1v) is 7.47. The van der Waals surface area contributed by atoms with Gasteiger partial charge in [-0.3, -0.25) is 19.8 Å². The van der Waals surface area contributed by atoms with Crippen LogP contribution >= 0.6 is 0 Å². The highest BCUT2D eigenvalue weighted by atomic mass is 16.3. The van der Waals surface area contributed by atoms with Gasteiger partial charge in [0.1, 0.15) is 0 Å². The van der Waals surface area contributed by atoms with Gasteiger partial charge in [-0.05, 0) is 44.4 Å². The number of nitrogens with one attached hydrogen (secondary N) is 1. The molecule has 6 nitrogen and oxygen atoms in total. The van der Waals surface area contributed by atoms with Crippen molar-refractivity contribution in [2.75, 3.05) is 13.1 Å². The largest absolute Gasteiger partial charge is 0.459 e. The fourth-order valence-corrected chi connectivity index (χ4v) is 2.79. The van der Waals surface area contributed by atoms with Crippen LogP contribution in [-0.2, 0) is 4.79 Å². The van der Waals surface area contributed by atoms with Gasteiger partial charge in [0.05, 0.1) is 12.8 Å². The SMILES string of the molecule is CCN(CC(=O)NC(=O)c1ccco1)C1CCC(N)CC1.